The van der Waals surface area contributed by atoms with Crippen LogP contribution >= 0.6 is 0 Å². The van der Waals surface area contributed by atoms with Crippen molar-refractivity contribution >= 4 is 23.2 Å². The number of carbonyl (C=O) groups excluding carboxylic acids is 2. The Morgan fingerprint density at radius 2 is 1.70 bits per heavy atom. The molecule has 0 saturated heterocycles. The van der Waals surface area contributed by atoms with Gasteiger partial charge in [-0.2, -0.15) is 5.10 Å². The van der Waals surface area contributed by atoms with Gasteiger partial charge in [0.1, 0.15) is 17.2 Å². The SMILES string of the molecule is Cc1ccc(C)c(N2N=C(C(=O)N(Cc3ccco3)Cc3ccco3)CCC2=O)c1. The third-order valence-corrected chi connectivity index (χ3v) is 5.01. The molecule has 1 aliphatic heterocycles. The number of carbonyl (C=O) groups is 2. The van der Waals surface area contributed by atoms with Gasteiger partial charge in [-0.25, -0.2) is 5.01 Å². The first-order valence-corrected chi connectivity index (χ1v) is 9.83. The minimum atomic E-state index is -0.245. The summed E-state index contributed by atoms with van der Waals surface area (Å²) < 4.78 is 10.9. The van der Waals surface area contributed by atoms with Crippen LogP contribution in [0.25, 0.3) is 0 Å². The van der Waals surface area contributed by atoms with E-state index in [1.807, 2.05) is 44.2 Å². The lowest BCUT2D eigenvalue weighted by atomic mass is 10.1. The van der Waals surface area contributed by atoms with Crippen molar-refractivity contribution in [3.05, 3.63) is 77.6 Å². The first-order valence-electron chi connectivity index (χ1n) is 9.83. The number of nitrogens with zero attached hydrogens (tertiary/aromatic N) is 3. The maximum atomic E-state index is 13.4. The fourth-order valence-electron chi connectivity index (χ4n) is 3.41. The molecular weight excluding hydrogens is 382 g/mol. The Hall–Kier alpha value is -3.61. The average Bonchev–Trinajstić information content (AvgIpc) is 3.44. The second-order valence-corrected chi connectivity index (χ2v) is 7.36. The van der Waals surface area contributed by atoms with Crippen LogP contribution < -0.4 is 5.01 Å². The van der Waals surface area contributed by atoms with Crippen LogP contribution in [0.3, 0.4) is 0 Å². The van der Waals surface area contributed by atoms with E-state index in [-0.39, 0.29) is 31.3 Å². The summed E-state index contributed by atoms with van der Waals surface area (Å²) >= 11 is 0. The van der Waals surface area contributed by atoms with Crippen molar-refractivity contribution < 1.29 is 18.4 Å². The monoisotopic (exact) mass is 405 g/mol. The molecule has 0 saturated carbocycles. The van der Waals surface area contributed by atoms with Gasteiger partial charge in [0.2, 0.25) is 5.91 Å². The largest absolute Gasteiger partial charge is 0.467 e. The minimum Gasteiger partial charge on any atom is -0.467 e. The summed E-state index contributed by atoms with van der Waals surface area (Å²) in [4.78, 5) is 27.6. The molecule has 1 aromatic carbocycles. The van der Waals surface area contributed by atoms with Crippen LogP contribution in [0.2, 0.25) is 0 Å². The van der Waals surface area contributed by atoms with Gasteiger partial charge < -0.3 is 13.7 Å². The van der Waals surface area contributed by atoms with E-state index in [4.69, 9.17) is 8.83 Å². The molecule has 0 radical (unpaired) electrons. The third kappa shape index (κ3) is 4.20. The third-order valence-electron chi connectivity index (χ3n) is 5.01. The highest BCUT2D eigenvalue weighted by molar-refractivity contribution is 6.40. The van der Waals surface area contributed by atoms with E-state index < -0.39 is 0 Å². The van der Waals surface area contributed by atoms with Crippen molar-refractivity contribution in [2.45, 2.75) is 39.8 Å². The van der Waals surface area contributed by atoms with Crippen LogP contribution in [0.15, 0.2) is 68.9 Å². The lowest BCUT2D eigenvalue weighted by molar-refractivity contribution is -0.126. The predicted octanol–water partition coefficient (Wildman–Crippen LogP) is 4.20. The molecule has 0 bridgehead atoms. The summed E-state index contributed by atoms with van der Waals surface area (Å²) in [6.45, 7) is 4.45. The second kappa shape index (κ2) is 8.41. The van der Waals surface area contributed by atoms with Crippen molar-refractivity contribution in [2.75, 3.05) is 5.01 Å². The molecule has 7 heteroatoms. The molecule has 0 fully saturated rings. The zero-order valence-electron chi connectivity index (χ0n) is 17.0. The molecule has 3 heterocycles. The van der Waals surface area contributed by atoms with Crippen molar-refractivity contribution in [1.82, 2.24) is 4.90 Å². The summed E-state index contributed by atoms with van der Waals surface area (Å²) in [6, 6.07) is 13.0. The average molecular weight is 405 g/mol. The number of anilines is 1. The highest BCUT2D eigenvalue weighted by Crippen LogP contribution is 2.26. The van der Waals surface area contributed by atoms with Gasteiger partial charge in [-0.1, -0.05) is 12.1 Å². The van der Waals surface area contributed by atoms with Gasteiger partial charge in [-0.15, -0.1) is 0 Å². The predicted molar refractivity (Wildman–Crippen MR) is 112 cm³/mol. The Balaban J connectivity index is 1.64. The molecule has 0 unspecified atom stereocenters. The van der Waals surface area contributed by atoms with Crippen LogP contribution in [0.5, 0.6) is 0 Å². The Bertz CT molecular complexity index is 1030. The van der Waals surface area contributed by atoms with E-state index in [1.165, 1.54) is 5.01 Å². The number of amides is 2. The van der Waals surface area contributed by atoms with Crippen molar-refractivity contribution in [2.24, 2.45) is 5.10 Å². The highest BCUT2D eigenvalue weighted by atomic mass is 16.3. The molecular formula is C23H23N3O4. The number of furan rings is 2. The number of rotatable bonds is 6. The van der Waals surface area contributed by atoms with Gasteiger partial charge in [-0.3, -0.25) is 9.59 Å². The fraction of sp³-hybridized carbons (Fsp3) is 0.261. The Labute approximate surface area is 174 Å². The van der Waals surface area contributed by atoms with E-state index in [1.54, 1.807) is 29.6 Å². The van der Waals surface area contributed by atoms with Crippen LogP contribution in [0.4, 0.5) is 5.69 Å². The van der Waals surface area contributed by atoms with Crippen molar-refractivity contribution in [3.8, 4) is 0 Å². The van der Waals surface area contributed by atoms with Gasteiger partial charge in [0.05, 0.1) is 31.3 Å². The van der Waals surface area contributed by atoms with Crippen LogP contribution in [0.1, 0.15) is 35.5 Å². The van der Waals surface area contributed by atoms with Gasteiger partial charge in [0, 0.05) is 12.8 Å². The second-order valence-electron chi connectivity index (χ2n) is 7.36. The quantitative estimate of drug-likeness (QED) is 0.616. The summed E-state index contributed by atoms with van der Waals surface area (Å²) in [5.74, 6) is 0.956. The Morgan fingerprint density at radius 1 is 1.03 bits per heavy atom. The molecule has 0 aliphatic carbocycles. The number of benzene rings is 1. The van der Waals surface area contributed by atoms with Gasteiger partial charge >= 0.3 is 0 Å². The first-order chi connectivity index (χ1) is 14.5. The van der Waals surface area contributed by atoms with E-state index in [0.29, 0.717) is 29.3 Å². The molecule has 4 rings (SSSR count). The Kier molecular flexibility index (Phi) is 5.52. The summed E-state index contributed by atoms with van der Waals surface area (Å²) in [7, 11) is 0. The molecule has 0 N–H and O–H groups in total. The van der Waals surface area contributed by atoms with E-state index >= 15 is 0 Å². The van der Waals surface area contributed by atoms with Gasteiger partial charge in [-0.05, 0) is 55.3 Å². The molecule has 7 nitrogen and oxygen atoms in total. The number of hydrogen-bond donors (Lipinski definition) is 0. The minimum absolute atomic E-state index is 0.121. The van der Waals surface area contributed by atoms with Gasteiger partial charge in [0.15, 0.2) is 0 Å². The number of hydrazone groups is 1. The molecule has 1 aliphatic rings. The molecule has 154 valence electrons. The standard InChI is InChI=1S/C23H23N3O4/c1-16-7-8-17(2)21(13-16)26-22(27)10-9-20(24-26)23(28)25(14-18-5-3-11-29-18)15-19-6-4-12-30-19/h3-8,11-13H,9-10,14-15H2,1-2H3. The highest BCUT2D eigenvalue weighted by Gasteiger charge is 2.30. The van der Waals surface area contributed by atoms with E-state index in [0.717, 1.165) is 11.1 Å². The Morgan fingerprint density at radius 3 is 2.30 bits per heavy atom. The topological polar surface area (TPSA) is 79.3 Å². The summed E-state index contributed by atoms with van der Waals surface area (Å²) in [6.07, 6.45) is 3.67. The maximum Gasteiger partial charge on any atom is 0.270 e. The van der Waals surface area contributed by atoms with E-state index in [9.17, 15) is 9.59 Å². The fourth-order valence-corrected chi connectivity index (χ4v) is 3.41. The van der Waals surface area contributed by atoms with E-state index in [2.05, 4.69) is 5.10 Å². The molecule has 0 spiro atoms. The zero-order chi connectivity index (χ0) is 21.1. The molecule has 2 aromatic heterocycles. The maximum absolute atomic E-state index is 13.4. The van der Waals surface area contributed by atoms with Gasteiger partial charge in [0.25, 0.3) is 5.91 Å². The zero-order valence-corrected chi connectivity index (χ0v) is 17.0. The normalized spacial score (nSPS) is 14.0. The molecule has 30 heavy (non-hydrogen) atoms. The van der Waals surface area contributed by atoms with Crippen LogP contribution in [-0.2, 0) is 22.7 Å². The number of aryl methyl sites for hydroxylation is 2. The molecule has 3 aromatic rings. The molecule has 0 atom stereocenters. The van der Waals surface area contributed by atoms with Crippen LogP contribution in [0, 0.1) is 13.8 Å². The summed E-state index contributed by atoms with van der Waals surface area (Å²) in [5.41, 5.74) is 2.99. The smallest absolute Gasteiger partial charge is 0.270 e. The molecule has 2 amide bonds. The van der Waals surface area contributed by atoms with Crippen molar-refractivity contribution in [1.29, 1.82) is 0 Å². The first kappa shape index (κ1) is 19.7. The lowest BCUT2D eigenvalue weighted by Gasteiger charge is -2.27. The summed E-state index contributed by atoms with van der Waals surface area (Å²) in [5, 5.41) is 5.82. The lowest BCUT2D eigenvalue weighted by Crippen LogP contribution is -2.41. The number of hydrogen-bond acceptors (Lipinski definition) is 5. The van der Waals surface area contributed by atoms with Crippen molar-refractivity contribution in [3.63, 3.8) is 0 Å². The van der Waals surface area contributed by atoms with Crippen LogP contribution in [-0.4, -0.2) is 22.4 Å².